The second kappa shape index (κ2) is 16.1. The van der Waals surface area contributed by atoms with Gasteiger partial charge in [0.2, 0.25) is 0 Å². The molecule has 0 aromatic rings. The molecule has 0 rings (SSSR count). The second-order valence-electron chi connectivity index (χ2n) is 0.495. The number of hydrogen-bond donors (Lipinski definition) is 4. The molecule has 12 N–H and O–H groups in total. The minimum Gasteiger partial charge on any atom is -0.418 e. The SMILES string of the molecule is F[B-](F)(F)F.N.N.N.N.[Zn+2]. The first-order valence-corrected chi connectivity index (χ1v) is 0.873. The Kier molecular flexibility index (Phi) is 78.3. The molecule has 0 amide bonds. The van der Waals surface area contributed by atoms with Crippen LogP contribution in [-0.2, 0) is 19.5 Å². The maximum absolute atomic E-state index is 9.75. The van der Waals surface area contributed by atoms with Crippen LogP contribution in [-0.4, -0.2) is 7.25 Å². The average Bonchev–Trinajstić information content (AvgIpc) is 0.722. The fourth-order valence-corrected chi connectivity index (χ4v) is 0. The van der Waals surface area contributed by atoms with E-state index in [2.05, 4.69) is 0 Å². The Labute approximate surface area is 69.3 Å². The zero-order chi connectivity index (χ0) is 4.50. The third kappa shape index (κ3) is 7030. The van der Waals surface area contributed by atoms with Crippen LogP contribution in [0.1, 0.15) is 0 Å². The van der Waals surface area contributed by atoms with Crippen molar-refractivity contribution in [1.29, 1.82) is 0 Å². The van der Waals surface area contributed by atoms with Crippen LogP contribution in [0.5, 0.6) is 0 Å². The van der Waals surface area contributed by atoms with Gasteiger partial charge in [-0.1, -0.05) is 0 Å². The minimum atomic E-state index is -6.00. The van der Waals surface area contributed by atoms with Gasteiger partial charge in [-0.15, -0.1) is 0 Å². The quantitative estimate of drug-likeness (QED) is 0.365. The summed E-state index contributed by atoms with van der Waals surface area (Å²) in [6, 6.07) is 0. The smallest absolute Gasteiger partial charge is 0.418 e. The van der Waals surface area contributed by atoms with Crippen LogP contribution in [0.2, 0.25) is 0 Å². The Balaban J connectivity index is -0.00000000800. The van der Waals surface area contributed by atoms with Gasteiger partial charge in [-0.25, -0.2) is 0 Å². The largest absolute Gasteiger partial charge is 2.00 e. The van der Waals surface area contributed by atoms with E-state index in [1.165, 1.54) is 0 Å². The first kappa shape index (κ1) is 48.6. The molecule has 0 aliphatic rings. The van der Waals surface area contributed by atoms with Crippen LogP contribution in [0, 0.1) is 0 Å². The molecule has 0 aromatic heterocycles. The second-order valence-corrected chi connectivity index (χ2v) is 0.495. The maximum Gasteiger partial charge on any atom is 2.00 e. The molecular weight excluding hydrogens is 208 g/mol. The summed E-state index contributed by atoms with van der Waals surface area (Å²) in [6.45, 7) is 0. The summed E-state index contributed by atoms with van der Waals surface area (Å²) in [5.74, 6) is 0. The zero-order valence-corrected chi connectivity index (χ0v) is 8.59. The van der Waals surface area contributed by atoms with Crippen LogP contribution < -0.4 is 24.6 Å². The Bertz CT molecular complexity index is 32.7. The van der Waals surface area contributed by atoms with Crippen LogP contribution in [0.4, 0.5) is 17.3 Å². The number of halogens is 4. The molecule has 0 radical (unpaired) electrons. The van der Waals surface area contributed by atoms with Gasteiger partial charge >= 0.3 is 26.7 Å². The number of hydrogen-bond acceptors (Lipinski definition) is 4. The Morgan fingerprint density at radius 1 is 0.600 bits per heavy atom. The van der Waals surface area contributed by atoms with E-state index in [1.54, 1.807) is 0 Å². The van der Waals surface area contributed by atoms with Crippen LogP contribution in [0.25, 0.3) is 0 Å². The molecule has 10 heavy (non-hydrogen) atoms. The molecule has 0 fully saturated rings. The number of rotatable bonds is 0. The Morgan fingerprint density at radius 2 is 0.600 bits per heavy atom. The van der Waals surface area contributed by atoms with E-state index in [0.29, 0.717) is 0 Å². The molecule has 0 saturated carbocycles. The summed E-state index contributed by atoms with van der Waals surface area (Å²) in [5.41, 5.74) is 0. The maximum atomic E-state index is 9.75. The minimum absolute atomic E-state index is 0. The van der Waals surface area contributed by atoms with Crippen molar-refractivity contribution in [3.05, 3.63) is 0 Å². The summed E-state index contributed by atoms with van der Waals surface area (Å²) in [7, 11) is -6.00. The van der Waals surface area contributed by atoms with Crippen molar-refractivity contribution in [3.8, 4) is 0 Å². The van der Waals surface area contributed by atoms with E-state index in [4.69, 9.17) is 0 Å². The molecule has 0 spiro atoms. The monoisotopic (exact) mass is 219 g/mol. The summed E-state index contributed by atoms with van der Waals surface area (Å²) < 4.78 is 39.0. The Hall–Kier alpha value is 0.248. The molecule has 4 nitrogen and oxygen atoms in total. The van der Waals surface area contributed by atoms with Gasteiger partial charge in [0, 0.05) is 0 Å². The predicted octanol–water partition coefficient (Wildman–Crippen LogP) is 1.95. The topological polar surface area (TPSA) is 140 Å². The molecule has 10 heteroatoms. The zero-order valence-electron chi connectivity index (χ0n) is 5.62. The average molecular weight is 220 g/mol. The molecule has 0 aromatic carbocycles. The van der Waals surface area contributed by atoms with Gasteiger partial charge in [-0.2, -0.15) is 0 Å². The van der Waals surface area contributed by atoms with Crippen molar-refractivity contribution in [2.24, 2.45) is 0 Å². The molecule has 0 bridgehead atoms. The molecule has 0 heterocycles. The summed E-state index contributed by atoms with van der Waals surface area (Å²) in [6.07, 6.45) is 0. The van der Waals surface area contributed by atoms with Crippen molar-refractivity contribution in [2.75, 3.05) is 0 Å². The summed E-state index contributed by atoms with van der Waals surface area (Å²) in [5, 5.41) is 0. The normalized spacial score (nSPS) is 6.00. The molecule has 0 unspecified atom stereocenters. The van der Waals surface area contributed by atoms with E-state index >= 15 is 0 Å². The van der Waals surface area contributed by atoms with Crippen LogP contribution in [0.3, 0.4) is 0 Å². The fraction of sp³-hybridized carbons (Fsp3) is 0. The fourth-order valence-electron chi connectivity index (χ4n) is 0. The molecule has 0 aliphatic heterocycles. The summed E-state index contributed by atoms with van der Waals surface area (Å²) >= 11 is 0. The Morgan fingerprint density at radius 3 is 0.600 bits per heavy atom. The van der Waals surface area contributed by atoms with Crippen molar-refractivity contribution in [3.63, 3.8) is 0 Å². The van der Waals surface area contributed by atoms with E-state index < -0.39 is 7.25 Å². The van der Waals surface area contributed by atoms with Crippen molar-refractivity contribution < 1.29 is 36.7 Å². The third-order valence-electron chi connectivity index (χ3n) is 0. The molecule has 0 aliphatic carbocycles. The van der Waals surface area contributed by atoms with E-state index in [9.17, 15) is 17.3 Å². The predicted molar refractivity (Wildman–Crippen MR) is 30.3 cm³/mol. The standard InChI is InChI=1S/BF4.4H3N.Zn/c2-1(3,4)5;;;;;/h;4*1H3;/q-1;;;;;+2. The molecule has 64 valence electrons. The van der Waals surface area contributed by atoms with Gasteiger partial charge in [0.15, 0.2) is 0 Å². The van der Waals surface area contributed by atoms with Gasteiger partial charge in [-0.3, -0.25) is 0 Å². The first-order chi connectivity index (χ1) is 2.00. The van der Waals surface area contributed by atoms with Crippen molar-refractivity contribution >= 4 is 7.25 Å². The molecule has 0 atom stereocenters. The summed E-state index contributed by atoms with van der Waals surface area (Å²) in [4.78, 5) is 0. The van der Waals surface area contributed by atoms with E-state index in [-0.39, 0.29) is 44.1 Å². The van der Waals surface area contributed by atoms with E-state index in [1.807, 2.05) is 0 Å². The van der Waals surface area contributed by atoms with Gasteiger partial charge in [-0.05, 0) is 0 Å². The molecular formula is H12BF4N4Zn+. The van der Waals surface area contributed by atoms with Crippen molar-refractivity contribution in [2.45, 2.75) is 0 Å². The van der Waals surface area contributed by atoms with Crippen LogP contribution in [0.15, 0.2) is 0 Å². The van der Waals surface area contributed by atoms with Gasteiger partial charge in [0.25, 0.3) is 0 Å². The van der Waals surface area contributed by atoms with Gasteiger partial charge in [0.1, 0.15) is 0 Å². The third-order valence-corrected chi connectivity index (χ3v) is 0. The van der Waals surface area contributed by atoms with Gasteiger partial charge in [0.05, 0.1) is 0 Å². The first-order valence-electron chi connectivity index (χ1n) is 0.873. The van der Waals surface area contributed by atoms with Crippen molar-refractivity contribution in [1.82, 2.24) is 24.6 Å². The molecule has 0 saturated heterocycles. The van der Waals surface area contributed by atoms with Gasteiger partial charge < -0.3 is 41.9 Å². The van der Waals surface area contributed by atoms with E-state index in [0.717, 1.165) is 0 Å². The van der Waals surface area contributed by atoms with Crippen LogP contribution >= 0.6 is 0 Å².